The van der Waals surface area contributed by atoms with Gasteiger partial charge >= 0.3 is 0 Å². The Morgan fingerprint density at radius 1 is 0.800 bits per heavy atom. The maximum atomic E-state index is 6.02. The van der Waals surface area contributed by atoms with Gasteiger partial charge in [0.05, 0.1) is 6.04 Å². The maximum absolute atomic E-state index is 6.02. The third-order valence-corrected chi connectivity index (χ3v) is 3.09. The van der Waals surface area contributed by atoms with Gasteiger partial charge in [0.15, 0.2) is 0 Å². The zero-order valence-corrected chi connectivity index (χ0v) is 12.0. The monoisotopic (exact) mass is 271 g/mol. The van der Waals surface area contributed by atoms with E-state index >= 15 is 0 Å². The maximum Gasteiger partial charge on any atom is 0.122 e. The second-order valence-corrected chi connectivity index (χ2v) is 4.91. The van der Waals surface area contributed by atoms with Crippen molar-refractivity contribution in [2.75, 3.05) is 13.2 Å². The van der Waals surface area contributed by atoms with E-state index in [0.29, 0.717) is 13.2 Å². The molecule has 0 radical (unpaired) electrons. The minimum Gasteiger partial charge on any atom is -0.492 e. The van der Waals surface area contributed by atoms with Crippen molar-refractivity contribution in [1.29, 1.82) is 0 Å². The van der Waals surface area contributed by atoms with Crippen molar-refractivity contribution in [3.63, 3.8) is 0 Å². The smallest absolute Gasteiger partial charge is 0.122 e. The lowest BCUT2D eigenvalue weighted by atomic mass is 10.2. The Kier molecular flexibility index (Phi) is 5.02. The van der Waals surface area contributed by atoms with Crippen molar-refractivity contribution in [3.8, 4) is 11.5 Å². The van der Waals surface area contributed by atoms with Gasteiger partial charge in [0.25, 0.3) is 0 Å². The van der Waals surface area contributed by atoms with E-state index in [2.05, 4.69) is 0 Å². The van der Waals surface area contributed by atoms with E-state index in [-0.39, 0.29) is 6.04 Å². The zero-order valence-electron chi connectivity index (χ0n) is 12.0. The van der Waals surface area contributed by atoms with Gasteiger partial charge in [0.1, 0.15) is 24.7 Å². The molecule has 0 heterocycles. The highest BCUT2D eigenvalue weighted by Crippen LogP contribution is 2.17. The SMILES string of the molecule is Cc1ccccc1OCC(N)COc1ccccc1C. The van der Waals surface area contributed by atoms with Crippen LogP contribution in [0, 0.1) is 13.8 Å². The lowest BCUT2D eigenvalue weighted by Gasteiger charge is -2.16. The predicted molar refractivity (Wildman–Crippen MR) is 81.3 cm³/mol. The molecule has 2 rings (SSSR count). The van der Waals surface area contributed by atoms with E-state index < -0.39 is 0 Å². The van der Waals surface area contributed by atoms with E-state index in [1.807, 2.05) is 62.4 Å². The normalized spacial score (nSPS) is 10.6. The molecule has 0 fully saturated rings. The number of hydrogen-bond acceptors (Lipinski definition) is 3. The summed E-state index contributed by atoms with van der Waals surface area (Å²) in [6, 6.07) is 15.7. The molecule has 3 heteroatoms. The van der Waals surface area contributed by atoms with Gasteiger partial charge < -0.3 is 15.2 Å². The molecular weight excluding hydrogens is 250 g/mol. The van der Waals surface area contributed by atoms with Gasteiger partial charge in [-0.15, -0.1) is 0 Å². The molecule has 0 aliphatic heterocycles. The summed E-state index contributed by atoms with van der Waals surface area (Å²) in [6.45, 7) is 4.92. The predicted octanol–water partition coefficient (Wildman–Crippen LogP) is 3.09. The first-order valence-electron chi connectivity index (χ1n) is 6.79. The number of benzene rings is 2. The lowest BCUT2D eigenvalue weighted by Crippen LogP contribution is -2.34. The molecule has 3 nitrogen and oxygen atoms in total. The molecule has 0 unspecified atom stereocenters. The van der Waals surface area contributed by atoms with Crippen LogP contribution in [-0.2, 0) is 0 Å². The second-order valence-electron chi connectivity index (χ2n) is 4.91. The van der Waals surface area contributed by atoms with Crippen LogP contribution < -0.4 is 15.2 Å². The molecule has 0 atom stereocenters. The summed E-state index contributed by atoms with van der Waals surface area (Å²) in [5.41, 5.74) is 8.24. The van der Waals surface area contributed by atoms with E-state index in [1.54, 1.807) is 0 Å². The Labute approximate surface area is 120 Å². The molecular formula is C17H21NO2. The molecule has 0 aromatic heterocycles. The summed E-state index contributed by atoms with van der Waals surface area (Å²) in [5, 5.41) is 0. The van der Waals surface area contributed by atoms with Crippen LogP contribution in [0.3, 0.4) is 0 Å². The first kappa shape index (κ1) is 14.4. The first-order chi connectivity index (χ1) is 9.66. The molecule has 2 aromatic rings. The number of aryl methyl sites for hydroxylation is 2. The number of rotatable bonds is 6. The summed E-state index contributed by atoms with van der Waals surface area (Å²) in [5.74, 6) is 1.75. The molecule has 0 aliphatic carbocycles. The fourth-order valence-corrected chi connectivity index (χ4v) is 1.88. The first-order valence-corrected chi connectivity index (χ1v) is 6.79. The van der Waals surface area contributed by atoms with E-state index in [0.717, 1.165) is 22.6 Å². The number of nitrogens with two attached hydrogens (primary N) is 1. The highest BCUT2D eigenvalue weighted by atomic mass is 16.5. The third kappa shape index (κ3) is 4.00. The molecule has 0 spiro atoms. The van der Waals surface area contributed by atoms with Crippen molar-refractivity contribution in [2.45, 2.75) is 19.9 Å². The molecule has 2 N–H and O–H groups in total. The Morgan fingerprint density at radius 3 is 1.60 bits per heavy atom. The minimum atomic E-state index is -0.158. The van der Waals surface area contributed by atoms with Crippen LogP contribution in [0.25, 0.3) is 0 Å². The van der Waals surface area contributed by atoms with Crippen molar-refractivity contribution in [2.24, 2.45) is 5.73 Å². The van der Waals surface area contributed by atoms with Crippen LogP contribution in [0.4, 0.5) is 0 Å². The van der Waals surface area contributed by atoms with Gasteiger partial charge in [-0.3, -0.25) is 0 Å². The van der Waals surface area contributed by atoms with Gasteiger partial charge in [-0.05, 0) is 37.1 Å². The quantitative estimate of drug-likeness (QED) is 0.878. The Morgan fingerprint density at radius 2 is 1.20 bits per heavy atom. The molecule has 20 heavy (non-hydrogen) atoms. The largest absolute Gasteiger partial charge is 0.492 e. The molecule has 0 amide bonds. The summed E-state index contributed by atoms with van der Waals surface area (Å²) < 4.78 is 11.4. The van der Waals surface area contributed by atoms with Gasteiger partial charge in [-0.2, -0.15) is 0 Å². The molecule has 2 aromatic carbocycles. The Balaban J connectivity index is 1.80. The average molecular weight is 271 g/mol. The standard InChI is InChI=1S/C17H21NO2/c1-13-7-3-5-9-16(13)19-11-15(18)12-20-17-10-6-4-8-14(17)2/h3-10,15H,11-12,18H2,1-2H3. The van der Waals surface area contributed by atoms with Crippen LogP contribution >= 0.6 is 0 Å². The summed E-state index contributed by atoms with van der Waals surface area (Å²) in [7, 11) is 0. The Hall–Kier alpha value is -2.00. The number of hydrogen-bond donors (Lipinski definition) is 1. The highest BCUT2D eigenvalue weighted by Gasteiger charge is 2.07. The van der Waals surface area contributed by atoms with Crippen LogP contribution in [0.15, 0.2) is 48.5 Å². The van der Waals surface area contributed by atoms with E-state index in [1.165, 1.54) is 0 Å². The number of ether oxygens (including phenoxy) is 2. The molecule has 0 saturated carbocycles. The third-order valence-electron chi connectivity index (χ3n) is 3.09. The molecule has 0 saturated heterocycles. The second kappa shape index (κ2) is 6.96. The fraction of sp³-hybridized carbons (Fsp3) is 0.294. The van der Waals surface area contributed by atoms with Crippen LogP contribution in [0.1, 0.15) is 11.1 Å². The molecule has 0 aliphatic rings. The van der Waals surface area contributed by atoms with Gasteiger partial charge in [-0.1, -0.05) is 36.4 Å². The molecule has 0 bridgehead atoms. The van der Waals surface area contributed by atoms with Crippen LogP contribution in [0.5, 0.6) is 11.5 Å². The van der Waals surface area contributed by atoms with Crippen molar-refractivity contribution < 1.29 is 9.47 Å². The topological polar surface area (TPSA) is 44.5 Å². The van der Waals surface area contributed by atoms with Crippen molar-refractivity contribution >= 4 is 0 Å². The summed E-state index contributed by atoms with van der Waals surface area (Å²) >= 11 is 0. The van der Waals surface area contributed by atoms with Gasteiger partial charge in [0.2, 0.25) is 0 Å². The van der Waals surface area contributed by atoms with E-state index in [9.17, 15) is 0 Å². The molecule has 106 valence electrons. The van der Waals surface area contributed by atoms with Crippen molar-refractivity contribution in [1.82, 2.24) is 0 Å². The summed E-state index contributed by atoms with van der Waals surface area (Å²) in [4.78, 5) is 0. The van der Waals surface area contributed by atoms with E-state index in [4.69, 9.17) is 15.2 Å². The lowest BCUT2D eigenvalue weighted by molar-refractivity contribution is 0.219. The average Bonchev–Trinajstić information content (AvgIpc) is 2.45. The van der Waals surface area contributed by atoms with Gasteiger partial charge in [-0.25, -0.2) is 0 Å². The number of para-hydroxylation sites is 2. The fourth-order valence-electron chi connectivity index (χ4n) is 1.88. The summed E-state index contributed by atoms with van der Waals surface area (Å²) in [6.07, 6.45) is 0. The van der Waals surface area contributed by atoms with Crippen LogP contribution in [-0.4, -0.2) is 19.3 Å². The Bertz CT molecular complexity index is 505. The van der Waals surface area contributed by atoms with Crippen molar-refractivity contribution in [3.05, 3.63) is 59.7 Å². The van der Waals surface area contributed by atoms with Gasteiger partial charge in [0, 0.05) is 0 Å². The highest BCUT2D eigenvalue weighted by molar-refractivity contribution is 5.32. The van der Waals surface area contributed by atoms with Crippen LogP contribution in [0.2, 0.25) is 0 Å². The zero-order chi connectivity index (χ0) is 14.4. The minimum absolute atomic E-state index is 0.158.